The minimum absolute atomic E-state index is 0.0987. The zero-order valence-corrected chi connectivity index (χ0v) is 21.3. The fourth-order valence-corrected chi connectivity index (χ4v) is 4.57. The Bertz CT molecular complexity index is 1220. The number of aromatic nitrogens is 2. The lowest BCUT2D eigenvalue weighted by molar-refractivity contribution is 0.0766. The van der Waals surface area contributed by atoms with E-state index in [4.69, 9.17) is 14.7 Å². The molecular formula is C23H31FN6O5S. The second-order valence-electron chi connectivity index (χ2n) is 8.51. The van der Waals surface area contributed by atoms with Crippen molar-refractivity contribution in [3.8, 4) is 5.75 Å². The average Bonchev–Trinajstić information content (AvgIpc) is 3.30. The first-order valence-electron chi connectivity index (χ1n) is 11.6. The van der Waals surface area contributed by atoms with Crippen LogP contribution in [0, 0.1) is 12.7 Å². The molecule has 1 aromatic carbocycles. The van der Waals surface area contributed by atoms with Crippen molar-refractivity contribution in [2.24, 2.45) is 10.3 Å². The normalized spacial score (nSPS) is 16.2. The molecule has 11 nitrogen and oxygen atoms in total. The number of oxime groups is 1. The van der Waals surface area contributed by atoms with Crippen molar-refractivity contribution >= 4 is 21.8 Å². The number of hydrogen-bond acceptors (Lipinski definition) is 8. The summed E-state index contributed by atoms with van der Waals surface area (Å²) in [6.07, 6.45) is 2.98. The molecule has 13 heteroatoms. The van der Waals surface area contributed by atoms with Gasteiger partial charge in [-0.15, -0.1) is 0 Å². The molecule has 0 spiro atoms. The first kappa shape index (κ1) is 27.4. The zero-order chi connectivity index (χ0) is 26.3. The van der Waals surface area contributed by atoms with Gasteiger partial charge in [0.2, 0.25) is 0 Å². The summed E-state index contributed by atoms with van der Waals surface area (Å²) < 4.78 is 43.5. The summed E-state index contributed by atoms with van der Waals surface area (Å²) in [5.41, 5.74) is 1.96. The van der Waals surface area contributed by atoms with Crippen molar-refractivity contribution in [3.63, 3.8) is 0 Å². The maximum Gasteiger partial charge on any atom is 0.274 e. The van der Waals surface area contributed by atoms with Crippen molar-refractivity contribution in [3.05, 3.63) is 52.9 Å². The van der Waals surface area contributed by atoms with Gasteiger partial charge in [0, 0.05) is 19.0 Å². The van der Waals surface area contributed by atoms with Gasteiger partial charge in [-0.3, -0.25) is 4.79 Å². The van der Waals surface area contributed by atoms with Gasteiger partial charge in [-0.05, 0) is 56.4 Å². The number of nitrogens with two attached hydrogens (primary N) is 1. The fraction of sp³-hybridized carbons (Fsp3) is 0.478. The molecule has 196 valence electrons. The van der Waals surface area contributed by atoms with Gasteiger partial charge < -0.3 is 14.9 Å². The Morgan fingerprint density at radius 2 is 2.11 bits per heavy atom. The van der Waals surface area contributed by atoms with E-state index in [-0.39, 0.29) is 30.1 Å². The van der Waals surface area contributed by atoms with E-state index in [0.717, 1.165) is 6.42 Å². The van der Waals surface area contributed by atoms with Gasteiger partial charge in [-0.1, -0.05) is 18.1 Å². The Morgan fingerprint density at radius 1 is 1.33 bits per heavy atom. The minimum Gasteiger partial charge on any atom is -0.494 e. The minimum atomic E-state index is -3.74. The van der Waals surface area contributed by atoms with Crippen LogP contribution in [0.3, 0.4) is 0 Å². The van der Waals surface area contributed by atoms with Crippen LogP contribution < -0.4 is 19.9 Å². The second kappa shape index (κ2) is 12.2. The lowest BCUT2D eigenvalue weighted by atomic mass is 10.0. The summed E-state index contributed by atoms with van der Waals surface area (Å²) in [6.45, 7) is 3.74. The molecule has 0 saturated heterocycles. The molecule has 2 unspecified atom stereocenters. The number of hydrogen-bond donors (Lipinski definition) is 3. The number of ether oxygens (including phenoxy) is 1. The van der Waals surface area contributed by atoms with Crippen molar-refractivity contribution in [1.82, 2.24) is 20.0 Å². The molecule has 0 saturated carbocycles. The highest BCUT2D eigenvalue weighted by molar-refractivity contribution is 7.87. The Kier molecular flexibility index (Phi) is 9.29. The summed E-state index contributed by atoms with van der Waals surface area (Å²) in [5.74, 6) is -0.380. The van der Waals surface area contributed by atoms with E-state index in [1.165, 1.54) is 19.2 Å². The molecule has 1 aliphatic rings. The van der Waals surface area contributed by atoms with Gasteiger partial charge in [0.05, 0.1) is 12.8 Å². The number of nitrogens with one attached hydrogen (secondary N) is 2. The Balaban J connectivity index is 1.56. The van der Waals surface area contributed by atoms with Crippen LogP contribution in [0.4, 0.5) is 4.39 Å². The predicted octanol–water partition coefficient (Wildman–Crippen LogP) is 2.10. The number of halogens is 1. The lowest BCUT2D eigenvalue weighted by Gasteiger charge is -2.15. The molecule has 0 radical (unpaired) electrons. The number of nitrogens with zero attached hydrogens (tertiary/aromatic N) is 3. The number of methoxy groups -OCH3 is 1. The number of rotatable bonds is 12. The Labute approximate surface area is 209 Å². The summed E-state index contributed by atoms with van der Waals surface area (Å²) in [5, 5.41) is 12.0. The van der Waals surface area contributed by atoms with E-state index in [1.807, 2.05) is 6.92 Å². The summed E-state index contributed by atoms with van der Waals surface area (Å²) in [4.78, 5) is 26.9. The standard InChI is InChI=1S/C23H31FN6O5S/c1-4-16(30-36(25,32)33)6-5-7-17-11-20(29-35-17)19-12-21(28-14(2)27-19)23(31)26-13-15-8-9-18(24)22(10-15)34-3/h8-10,12,16-17,30H,4-7,11,13H2,1-3H3,(H,26,31)(H2,25,32,33). The van der Waals surface area contributed by atoms with E-state index < -0.39 is 21.9 Å². The molecule has 0 fully saturated rings. The van der Waals surface area contributed by atoms with Gasteiger partial charge in [-0.2, -0.15) is 13.1 Å². The largest absolute Gasteiger partial charge is 0.494 e. The first-order chi connectivity index (χ1) is 17.1. The van der Waals surface area contributed by atoms with E-state index in [0.29, 0.717) is 48.5 Å². The highest BCUT2D eigenvalue weighted by atomic mass is 32.2. The zero-order valence-electron chi connectivity index (χ0n) is 20.5. The lowest BCUT2D eigenvalue weighted by Crippen LogP contribution is -2.39. The van der Waals surface area contributed by atoms with E-state index in [9.17, 15) is 17.6 Å². The maximum absolute atomic E-state index is 13.6. The summed E-state index contributed by atoms with van der Waals surface area (Å²) in [7, 11) is -2.37. The molecule has 0 aliphatic carbocycles. The van der Waals surface area contributed by atoms with E-state index >= 15 is 0 Å². The molecule has 36 heavy (non-hydrogen) atoms. The number of aryl methyl sites for hydroxylation is 1. The number of benzene rings is 1. The smallest absolute Gasteiger partial charge is 0.274 e. The molecular weight excluding hydrogens is 491 g/mol. The number of carbonyl (C=O) groups is 1. The number of carbonyl (C=O) groups excluding carboxylic acids is 1. The van der Waals surface area contributed by atoms with Crippen molar-refractivity contribution < 1.29 is 27.2 Å². The van der Waals surface area contributed by atoms with Crippen LogP contribution in [0.15, 0.2) is 29.4 Å². The van der Waals surface area contributed by atoms with Crippen LogP contribution in [0.5, 0.6) is 5.75 Å². The van der Waals surface area contributed by atoms with Gasteiger partial charge >= 0.3 is 0 Å². The van der Waals surface area contributed by atoms with Crippen LogP contribution in [0.25, 0.3) is 0 Å². The van der Waals surface area contributed by atoms with E-state index in [2.05, 4.69) is 25.2 Å². The van der Waals surface area contributed by atoms with Gasteiger partial charge in [0.15, 0.2) is 11.6 Å². The summed E-state index contributed by atoms with van der Waals surface area (Å²) >= 11 is 0. The molecule has 4 N–H and O–H groups in total. The SMILES string of the molecule is CCC(CCCC1CC(c2cc(C(=O)NCc3ccc(F)c(OC)c3)nc(C)n2)=NO1)NS(N)(=O)=O. The third-order valence-electron chi connectivity index (χ3n) is 5.67. The monoisotopic (exact) mass is 522 g/mol. The predicted molar refractivity (Wildman–Crippen MR) is 131 cm³/mol. The Hall–Kier alpha value is -3.16. The molecule has 1 aliphatic heterocycles. The third-order valence-corrected chi connectivity index (χ3v) is 6.33. The van der Waals surface area contributed by atoms with Gasteiger partial charge in [-0.25, -0.2) is 19.5 Å². The van der Waals surface area contributed by atoms with Gasteiger partial charge in [0.1, 0.15) is 23.3 Å². The molecule has 2 aromatic rings. The molecule has 0 bridgehead atoms. The maximum atomic E-state index is 13.6. The van der Waals surface area contributed by atoms with Crippen molar-refractivity contribution in [1.29, 1.82) is 0 Å². The molecule has 1 aromatic heterocycles. The van der Waals surface area contributed by atoms with Crippen LogP contribution >= 0.6 is 0 Å². The van der Waals surface area contributed by atoms with Crippen LogP contribution in [0.1, 0.15) is 66.6 Å². The topological polar surface area (TPSA) is 158 Å². The molecule has 2 atom stereocenters. The van der Waals surface area contributed by atoms with E-state index in [1.54, 1.807) is 19.1 Å². The number of amides is 1. The quantitative estimate of drug-likeness (QED) is 0.385. The fourth-order valence-electron chi connectivity index (χ4n) is 3.82. The highest BCUT2D eigenvalue weighted by Gasteiger charge is 2.25. The van der Waals surface area contributed by atoms with Gasteiger partial charge in [0.25, 0.3) is 16.1 Å². The molecule has 1 amide bonds. The van der Waals surface area contributed by atoms with Crippen LogP contribution in [-0.2, 0) is 21.6 Å². The summed E-state index contributed by atoms with van der Waals surface area (Å²) in [6, 6.07) is 5.68. The highest BCUT2D eigenvalue weighted by Crippen LogP contribution is 2.21. The second-order valence-corrected chi connectivity index (χ2v) is 9.83. The van der Waals surface area contributed by atoms with Crippen LogP contribution in [0.2, 0.25) is 0 Å². The Morgan fingerprint density at radius 3 is 2.81 bits per heavy atom. The molecule has 2 heterocycles. The first-order valence-corrected chi connectivity index (χ1v) is 13.1. The molecule has 3 rings (SSSR count). The average molecular weight is 523 g/mol. The van der Waals surface area contributed by atoms with Crippen molar-refractivity contribution in [2.45, 2.75) is 64.6 Å². The third kappa shape index (κ3) is 7.93. The van der Waals surface area contributed by atoms with Crippen molar-refractivity contribution in [2.75, 3.05) is 7.11 Å². The van der Waals surface area contributed by atoms with Crippen LogP contribution in [-0.4, -0.2) is 49.3 Å².